The number of carbonyl (C=O) groups excluding carboxylic acids is 1. The maximum atomic E-state index is 12.3. The van der Waals surface area contributed by atoms with Crippen LogP contribution >= 0.6 is 0 Å². The van der Waals surface area contributed by atoms with E-state index in [-0.39, 0.29) is 12.1 Å². The number of carbonyl (C=O) groups is 1. The standard InChI is InChI=1S/C18H22N2O4/c1-13(19-18(21)20(2)12-15-5-3-8-22-15)14-6-7-16-17(11-14)24-10-4-9-23-16/h3,5-8,11,13H,4,9-10,12H2,1-2H3,(H,19,21). The van der Waals surface area contributed by atoms with E-state index in [4.69, 9.17) is 13.9 Å². The van der Waals surface area contributed by atoms with Gasteiger partial charge in [-0.1, -0.05) is 6.07 Å². The van der Waals surface area contributed by atoms with Crippen LogP contribution in [0.5, 0.6) is 11.5 Å². The summed E-state index contributed by atoms with van der Waals surface area (Å²) in [6.45, 7) is 3.67. The van der Waals surface area contributed by atoms with Crippen LogP contribution in [0.15, 0.2) is 41.0 Å². The van der Waals surface area contributed by atoms with Crippen LogP contribution in [0.1, 0.15) is 30.7 Å². The van der Waals surface area contributed by atoms with Crippen LogP contribution < -0.4 is 14.8 Å². The molecule has 6 heteroatoms. The minimum atomic E-state index is -0.161. The number of hydrogen-bond donors (Lipinski definition) is 1. The van der Waals surface area contributed by atoms with E-state index in [1.165, 1.54) is 0 Å². The van der Waals surface area contributed by atoms with Gasteiger partial charge in [-0.15, -0.1) is 0 Å². The molecule has 0 spiro atoms. The predicted molar refractivity (Wildman–Crippen MR) is 89.2 cm³/mol. The molecule has 1 N–H and O–H groups in total. The number of hydrogen-bond acceptors (Lipinski definition) is 4. The predicted octanol–water partition coefficient (Wildman–Crippen LogP) is 3.34. The van der Waals surface area contributed by atoms with Crippen molar-refractivity contribution in [2.45, 2.75) is 25.9 Å². The third-order valence-corrected chi connectivity index (χ3v) is 3.93. The largest absolute Gasteiger partial charge is 0.490 e. The van der Waals surface area contributed by atoms with Gasteiger partial charge in [-0.05, 0) is 36.8 Å². The van der Waals surface area contributed by atoms with Gasteiger partial charge < -0.3 is 24.1 Å². The molecule has 2 aromatic rings. The highest BCUT2D eigenvalue weighted by Gasteiger charge is 2.17. The van der Waals surface area contributed by atoms with Gasteiger partial charge >= 0.3 is 6.03 Å². The molecule has 1 aliphatic rings. The number of benzene rings is 1. The van der Waals surface area contributed by atoms with Gasteiger partial charge in [0.2, 0.25) is 0 Å². The smallest absolute Gasteiger partial charge is 0.318 e. The van der Waals surface area contributed by atoms with E-state index in [2.05, 4.69) is 5.32 Å². The summed E-state index contributed by atoms with van der Waals surface area (Å²) >= 11 is 0. The second-order valence-electron chi connectivity index (χ2n) is 5.86. The number of nitrogens with zero attached hydrogens (tertiary/aromatic N) is 1. The number of furan rings is 1. The molecule has 1 unspecified atom stereocenters. The van der Waals surface area contributed by atoms with Crippen LogP contribution in [0, 0.1) is 0 Å². The van der Waals surface area contributed by atoms with Gasteiger partial charge in [-0.2, -0.15) is 0 Å². The molecule has 2 amide bonds. The summed E-state index contributed by atoms with van der Waals surface area (Å²) in [6.07, 6.45) is 2.47. The van der Waals surface area contributed by atoms with Gasteiger partial charge in [-0.3, -0.25) is 0 Å². The van der Waals surface area contributed by atoms with Gasteiger partial charge in [0.25, 0.3) is 0 Å². The molecule has 24 heavy (non-hydrogen) atoms. The monoisotopic (exact) mass is 330 g/mol. The Hall–Kier alpha value is -2.63. The Bertz CT molecular complexity index is 684. The first-order valence-corrected chi connectivity index (χ1v) is 8.07. The fourth-order valence-corrected chi connectivity index (χ4v) is 2.54. The molecule has 0 fully saturated rings. The highest BCUT2D eigenvalue weighted by Crippen LogP contribution is 2.32. The highest BCUT2D eigenvalue weighted by atomic mass is 16.5. The first kappa shape index (κ1) is 16.2. The van der Waals surface area contributed by atoms with Crippen LogP contribution in [0.25, 0.3) is 0 Å². The zero-order chi connectivity index (χ0) is 16.9. The van der Waals surface area contributed by atoms with Gasteiger partial charge in [0.1, 0.15) is 5.76 Å². The number of amides is 2. The Morgan fingerprint density at radius 2 is 2.04 bits per heavy atom. The SMILES string of the molecule is CC(NC(=O)N(C)Cc1ccco1)c1ccc2c(c1)OCCCO2. The summed E-state index contributed by atoms with van der Waals surface area (Å²) < 4.78 is 16.6. The van der Waals surface area contributed by atoms with Crippen LogP contribution in [0.4, 0.5) is 4.79 Å². The van der Waals surface area contributed by atoms with Crippen LogP contribution in [-0.2, 0) is 6.54 Å². The number of fused-ring (bicyclic) bond motifs is 1. The second-order valence-corrected chi connectivity index (χ2v) is 5.86. The molecule has 1 aromatic carbocycles. The van der Waals surface area contributed by atoms with Gasteiger partial charge in [-0.25, -0.2) is 4.79 Å². The van der Waals surface area contributed by atoms with Crippen molar-refractivity contribution in [3.05, 3.63) is 47.9 Å². The zero-order valence-electron chi connectivity index (χ0n) is 14.0. The lowest BCUT2D eigenvalue weighted by Gasteiger charge is -2.21. The Labute approximate surface area is 141 Å². The van der Waals surface area contributed by atoms with E-state index in [0.29, 0.717) is 19.8 Å². The van der Waals surface area contributed by atoms with E-state index >= 15 is 0 Å². The minimum Gasteiger partial charge on any atom is -0.490 e. The van der Waals surface area contributed by atoms with E-state index < -0.39 is 0 Å². The lowest BCUT2D eigenvalue weighted by Crippen LogP contribution is -2.38. The number of ether oxygens (including phenoxy) is 2. The minimum absolute atomic E-state index is 0.145. The molecule has 0 saturated heterocycles. The number of rotatable bonds is 4. The maximum Gasteiger partial charge on any atom is 0.318 e. The first-order valence-electron chi connectivity index (χ1n) is 8.07. The zero-order valence-corrected chi connectivity index (χ0v) is 14.0. The molecule has 128 valence electrons. The van der Waals surface area contributed by atoms with Crippen molar-refractivity contribution >= 4 is 6.03 Å². The molecule has 0 saturated carbocycles. The lowest BCUT2D eigenvalue weighted by atomic mass is 10.1. The van der Waals surface area contributed by atoms with Gasteiger partial charge in [0.15, 0.2) is 11.5 Å². The van der Waals surface area contributed by atoms with Gasteiger partial charge in [0.05, 0.1) is 32.1 Å². The molecule has 0 aliphatic carbocycles. The van der Waals surface area contributed by atoms with Crippen molar-refractivity contribution in [1.29, 1.82) is 0 Å². The summed E-state index contributed by atoms with van der Waals surface area (Å²) in [5.74, 6) is 2.23. The van der Waals surface area contributed by atoms with E-state index in [1.54, 1.807) is 18.2 Å². The van der Waals surface area contributed by atoms with Crippen molar-refractivity contribution < 1.29 is 18.7 Å². The van der Waals surface area contributed by atoms with Crippen molar-refractivity contribution in [2.75, 3.05) is 20.3 Å². The number of urea groups is 1. The van der Waals surface area contributed by atoms with Crippen LogP contribution in [0.3, 0.4) is 0 Å². The molecule has 2 heterocycles. The molecule has 1 atom stereocenters. The summed E-state index contributed by atoms with van der Waals surface area (Å²) in [4.78, 5) is 13.9. The molecule has 6 nitrogen and oxygen atoms in total. The molecule has 1 aromatic heterocycles. The third-order valence-electron chi connectivity index (χ3n) is 3.93. The van der Waals surface area contributed by atoms with Crippen LogP contribution in [-0.4, -0.2) is 31.2 Å². The van der Waals surface area contributed by atoms with Crippen molar-refractivity contribution in [1.82, 2.24) is 10.2 Å². The molecular weight excluding hydrogens is 308 g/mol. The Balaban J connectivity index is 1.62. The van der Waals surface area contributed by atoms with E-state index in [9.17, 15) is 4.79 Å². The summed E-state index contributed by atoms with van der Waals surface area (Å²) in [6, 6.07) is 9.12. The molecule has 1 aliphatic heterocycles. The fraction of sp³-hybridized carbons (Fsp3) is 0.389. The molecule has 0 bridgehead atoms. The normalized spacial score (nSPS) is 14.6. The Kier molecular flexibility index (Phi) is 4.93. The average molecular weight is 330 g/mol. The van der Waals surface area contributed by atoms with Crippen molar-refractivity contribution in [3.63, 3.8) is 0 Å². The Morgan fingerprint density at radius 1 is 1.25 bits per heavy atom. The molecule has 0 radical (unpaired) electrons. The lowest BCUT2D eigenvalue weighted by molar-refractivity contribution is 0.199. The van der Waals surface area contributed by atoms with Gasteiger partial charge in [0, 0.05) is 13.5 Å². The fourth-order valence-electron chi connectivity index (χ4n) is 2.54. The average Bonchev–Trinajstić information content (AvgIpc) is 2.97. The second kappa shape index (κ2) is 7.29. The molecule has 3 rings (SSSR count). The topological polar surface area (TPSA) is 63.9 Å². The summed E-state index contributed by atoms with van der Waals surface area (Å²) in [5.41, 5.74) is 0.971. The Morgan fingerprint density at radius 3 is 2.79 bits per heavy atom. The van der Waals surface area contributed by atoms with E-state index in [0.717, 1.165) is 29.2 Å². The van der Waals surface area contributed by atoms with Crippen molar-refractivity contribution in [2.24, 2.45) is 0 Å². The third kappa shape index (κ3) is 3.82. The molecular formula is C18H22N2O4. The summed E-state index contributed by atoms with van der Waals surface area (Å²) in [7, 11) is 1.73. The van der Waals surface area contributed by atoms with E-state index in [1.807, 2.05) is 37.3 Å². The maximum absolute atomic E-state index is 12.3. The van der Waals surface area contributed by atoms with Crippen LogP contribution in [0.2, 0.25) is 0 Å². The highest BCUT2D eigenvalue weighted by molar-refractivity contribution is 5.74. The first-order chi connectivity index (χ1) is 11.6. The summed E-state index contributed by atoms with van der Waals surface area (Å²) in [5, 5.41) is 2.98. The number of nitrogens with one attached hydrogen (secondary N) is 1. The quantitative estimate of drug-likeness (QED) is 0.934. The van der Waals surface area contributed by atoms with Crippen molar-refractivity contribution in [3.8, 4) is 11.5 Å².